The quantitative estimate of drug-likeness (QED) is 0.404. The molecule has 7 heavy (non-hydrogen) atoms. The first-order valence-corrected chi connectivity index (χ1v) is 2.35. The lowest BCUT2D eigenvalue weighted by Crippen LogP contribution is -2.22. The Hall–Kier alpha value is -0.260. The maximum Gasteiger partial charge on any atom is 0.161 e. The van der Waals surface area contributed by atoms with E-state index in [4.69, 9.17) is 22.0 Å². The van der Waals surface area contributed by atoms with Gasteiger partial charge < -0.3 is 5.11 Å². The number of alkyl halides is 1. The summed E-state index contributed by atoms with van der Waals surface area (Å²) in [6, 6.07) is 1.61. The highest BCUT2D eigenvalue weighted by Gasteiger charge is 2.15. The Kier molecular flexibility index (Phi) is 2.07. The molecule has 0 radical (unpaired) electrons. The molecule has 3 heteroatoms. The van der Waals surface area contributed by atoms with Crippen molar-refractivity contribution in [2.24, 2.45) is 0 Å². The molecule has 0 saturated heterocycles. The molecule has 0 fully saturated rings. The Morgan fingerprint density at radius 2 is 2.43 bits per heavy atom. The van der Waals surface area contributed by atoms with Crippen molar-refractivity contribution in [1.82, 2.24) is 0 Å². The summed E-state index contributed by atoms with van der Waals surface area (Å²) in [7, 11) is 0. The molecule has 0 saturated carbocycles. The highest BCUT2D eigenvalue weighted by atomic mass is 35.5. The van der Waals surface area contributed by atoms with Crippen molar-refractivity contribution in [3.8, 4) is 6.07 Å². The van der Waals surface area contributed by atoms with E-state index in [2.05, 4.69) is 0 Å². The molecule has 2 nitrogen and oxygen atoms in total. The minimum absolute atomic E-state index is 0.0382. The SMILES string of the molecule is CC(O)(C#N)CCl. The molecule has 0 bridgehead atoms. The van der Waals surface area contributed by atoms with E-state index in [1.54, 1.807) is 6.07 Å². The molecule has 40 valence electrons. The maximum absolute atomic E-state index is 8.64. The summed E-state index contributed by atoms with van der Waals surface area (Å²) in [5.41, 5.74) is -1.35. The molecule has 0 rings (SSSR count). The third kappa shape index (κ3) is 2.44. The van der Waals surface area contributed by atoms with Crippen LogP contribution in [0.5, 0.6) is 0 Å². The van der Waals surface area contributed by atoms with Gasteiger partial charge in [-0.15, -0.1) is 11.6 Å². The van der Waals surface area contributed by atoms with Crippen molar-refractivity contribution in [2.75, 3.05) is 5.88 Å². The molecule has 0 aliphatic heterocycles. The van der Waals surface area contributed by atoms with Gasteiger partial charge in [-0.25, -0.2) is 0 Å². The minimum Gasteiger partial charge on any atom is -0.374 e. The number of halogens is 1. The number of nitrogens with zero attached hydrogens (tertiary/aromatic N) is 1. The van der Waals surface area contributed by atoms with Gasteiger partial charge >= 0.3 is 0 Å². The van der Waals surface area contributed by atoms with E-state index in [1.165, 1.54) is 6.92 Å². The molecule has 0 aliphatic rings. The van der Waals surface area contributed by atoms with Crippen molar-refractivity contribution >= 4 is 11.6 Å². The maximum atomic E-state index is 8.64. The predicted molar refractivity (Wildman–Crippen MR) is 27.0 cm³/mol. The van der Waals surface area contributed by atoms with Crippen molar-refractivity contribution in [3.05, 3.63) is 0 Å². The second-order valence-electron chi connectivity index (χ2n) is 1.52. The third-order valence-electron chi connectivity index (χ3n) is 0.501. The van der Waals surface area contributed by atoms with Crippen LogP contribution in [-0.2, 0) is 0 Å². The van der Waals surface area contributed by atoms with Gasteiger partial charge in [0.25, 0.3) is 0 Å². The van der Waals surface area contributed by atoms with Crippen LogP contribution in [0.1, 0.15) is 6.92 Å². The van der Waals surface area contributed by atoms with Crippen LogP contribution in [0.25, 0.3) is 0 Å². The van der Waals surface area contributed by atoms with Crippen LogP contribution in [0.4, 0.5) is 0 Å². The normalized spacial score (nSPS) is 17.4. The lowest BCUT2D eigenvalue weighted by molar-refractivity contribution is 0.145. The summed E-state index contributed by atoms with van der Waals surface area (Å²) in [6.45, 7) is 1.36. The lowest BCUT2D eigenvalue weighted by atomic mass is 10.2. The van der Waals surface area contributed by atoms with Gasteiger partial charge in [0.2, 0.25) is 0 Å². The van der Waals surface area contributed by atoms with Gasteiger partial charge in [-0.1, -0.05) is 0 Å². The van der Waals surface area contributed by atoms with Crippen LogP contribution >= 0.6 is 11.6 Å². The highest BCUT2D eigenvalue weighted by molar-refractivity contribution is 6.18. The Bertz CT molecular complexity index is 94.4. The number of nitriles is 1. The smallest absolute Gasteiger partial charge is 0.161 e. The highest BCUT2D eigenvalue weighted by Crippen LogP contribution is 2.01. The van der Waals surface area contributed by atoms with Crippen molar-refractivity contribution in [3.63, 3.8) is 0 Å². The van der Waals surface area contributed by atoms with E-state index < -0.39 is 5.60 Å². The van der Waals surface area contributed by atoms with E-state index >= 15 is 0 Å². The Labute approximate surface area is 47.3 Å². The molecular formula is C4H6ClNO. The molecule has 1 unspecified atom stereocenters. The Balaban J connectivity index is 3.66. The average molecular weight is 120 g/mol. The molecule has 0 aromatic carbocycles. The zero-order valence-corrected chi connectivity index (χ0v) is 4.74. The summed E-state index contributed by atoms with van der Waals surface area (Å²) in [4.78, 5) is 0. The summed E-state index contributed by atoms with van der Waals surface area (Å²) < 4.78 is 0. The van der Waals surface area contributed by atoms with Gasteiger partial charge in [0.05, 0.1) is 11.9 Å². The molecule has 0 amide bonds. The number of hydrogen-bond acceptors (Lipinski definition) is 2. The first kappa shape index (κ1) is 6.74. The summed E-state index contributed by atoms with van der Waals surface area (Å²) in [5.74, 6) is -0.0382. The summed E-state index contributed by atoms with van der Waals surface area (Å²) in [6.07, 6.45) is 0. The first-order valence-electron chi connectivity index (χ1n) is 1.82. The molecule has 0 spiro atoms. The van der Waals surface area contributed by atoms with Gasteiger partial charge in [-0.05, 0) is 6.92 Å². The van der Waals surface area contributed by atoms with E-state index in [0.717, 1.165) is 0 Å². The minimum atomic E-state index is -1.35. The fraction of sp³-hybridized carbons (Fsp3) is 0.750. The second-order valence-corrected chi connectivity index (χ2v) is 1.79. The van der Waals surface area contributed by atoms with E-state index in [9.17, 15) is 0 Å². The summed E-state index contributed by atoms with van der Waals surface area (Å²) in [5, 5.41) is 16.6. The average Bonchev–Trinajstić information content (AvgIpc) is 1.68. The van der Waals surface area contributed by atoms with Crippen LogP contribution in [0.2, 0.25) is 0 Å². The number of hydrogen-bond donors (Lipinski definition) is 1. The zero-order valence-electron chi connectivity index (χ0n) is 3.98. The van der Waals surface area contributed by atoms with Gasteiger partial charge in [-0.3, -0.25) is 0 Å². The monoisotopic (exact) mass is 119 g/mol. The molecule has 0 aromatic rings. The van der Waals surface area contributed by atoms with Crippen LogP contribution in [0, 0.1) is 11.3 Å². The topological polar surface area (TPSA) is 44.0 Å². The van der Waals surface area contributed by atoms with E-state index in [0.29, 0.717) is 0 Å². The lowest BCUT2D eigenvalue weighted by Gasteiger charge is -2.05. The zero-order chi connectivity index (χ0) is 5.91. The first-order chi connectivity index (χ1) is 3.12. The van der Waals surface area contributed by atoms with Crippen LogP contribution in [-0.4, -0.2) is 16.6 Å². The molecule has 0 heterocycles. The molecular weight excluding hydrogens is 114 g/mol. The van der Waals surface area contributed by atoms with Gasteiger partial charge in [0.1, 0.15) is 0 Å². The van der Waals surface area contributed by atoms with Crippen LogP contribution in [0.3, 0.4) is 0 Å². The molecule has 1 N–H and O–H groups in total. The fourth-order valence-corrected chi connectivity index (χ4v) is 0.0896. The van der Waals surface area contributed by atoms with Gasteiger partial charge in [0.15, 0.2) is 5.60 Å². The third-order valence-corrected chi connectivity index (χ3v) is 1.02. The number of aliphatic hydroxyl groups is 1. The summed E-state index contributed by atoms with van der Waals surface area (Å²) >= 11 is 5.12. The molecule has 1 atom stereocenters. The Morgan fingerprint density at radius 1 is 2.00 bits per heavy atom. The van der Waals surface area contributed by atoms with E-state index in [1.807, 2.05) is 0 Å². The molecule has 0 aliphatic carbocycles. The second kappa shape index (κ2) is 2.15. The standard InChI is InChI=1S/C4H6ClNO/c1-4(7,2-5)3-6/h7H,2H2,1H3. The fourth-order valence-electron chi connectivity index (χ4n) is 0.0299. The van der Waals surface area contributed by atoms with Gasteiger partial charge in [0, 0.05) is 0 Å². The van der Waals surface area contributed by atoms with Gasteiger partial charge in [-0.2, -0.15) is 5.26 Å². The Morgan fingerprint density at radius 3 is 2.43 bits per heavy atom. The predicted octanol–water partition coefficient (Wildman–Crippen LogP) is 0.500. The number of rotatable bonds is 1. The largest absolute Gasteiger partial charge is 0.374 e. The van der Waals surface area contributed by atoms with Crippen LogP contribution < -0.4 is 0 Å². The van der Waals surface area contributed by atoms with Crippen molar-refractivity contribution in [1.29, 1.82) is 5.26 Å². The van der Waals surface area contributed by atoms with E-state index in [-0.39, 0.29) is 5.88 Å². The molecule has 0 aromatic heterocycles. The van der Waals surface area contributed by atoms with Crippen molar-refractivity contribution in [2.45, 2.75) is 12.5 Å². The van der Waals surface area contributed by atoms with Crippen LogP contribution in [0.15, 0.2) is 0 Å². The van der Waals surface area contributed by atoms with Crippen molar-refractivity contribution < 1.29 is 5.11 Å².